The summed E-state index contributed by atoms with van der Waals surface area (Å²) < 4.78 is 5.82. The first kappa shape index (κ1) is 17.9. The molecule has 0 amide bonds. The van der Waals surface area contributed by atoms with Gasteiger partial charge in [-0.3, -0.25) is 0 Å². The summed E-state index contributed by atoms with van der Waals surface area (Å²) in [6, 6.07) is 16.2. The second kappa shape index (κ2) is 7.64. The summed E-state index contributed by atoms with van der Waals surface area (Å²) in [6.07, 6.45) is 3.80. The molecule has 6 nitrogen and oxygen atoms in total. The molecule has 1 fully saturated rings. The molecule has 7 heteroatoms. The molecule has 0 radical (unpaired) electrons. The Morgan fingerprint density at radius 3 is 2.85 bits per heavy atom. The second-order valence-electron chi connectivity index (χ2n) is 6.72. The van der Waals surface area contributed by atoms with Crippen LogP contribution in [0.3, 0.4) is 0 Å². The van der Waals surface area contributed by atoms with Gasteiger partial charge < -0.3 is 9.72 Å². The SMILES string of the molecule is CC(C)Oc1cccc(C2NNC(S)N2N=Cc2c[nH]c3ccccc23)c1. The standard InChI is InChI=1S/C20H23N5OS/c1-13(2)26-16-7-5-6-14(10-16)19-23-24-20(27)25(19)22-12-15-11-21-18-9-4-3-8-17(15)18/h3-13,19-21,23-24,27H,1-2H3. The number of benzene rings is 2. The summed E-state index contributed by atoms with van der Waals surface area (Å²) in [6.45, 7) is 4.03. The van der Waals surface area contributed by atoms with E-state index in [1.807, 2.05) is 67.7 Å². The Morgan fingerprint density at radius 1 is 1.15 bits per heavy atom. The van der Waals surface area contributed by atoms with Gasteiger partial charge in [0.25, 0.3) is 0 Å². The van der Waals surface area contributed by atoms with Gasteiger partial charge in [-0.15, -0.1) is 12.6 Å². The number of thiol groups is 1. The van der Waals surface area contributed by atoms with Crippen LogP contribution in [-0.4, -0.2) is 27.8 Å². The Hall–Kier alpha value is -2.48. The van der Waals surface area contributed by atoms with Gasteiger partial charge in [-0.1, -0.05) is 30.3 Å². The molecule has 3 aromatic rings. The predicted molar refractivity (Wildman–Crippen MR) is 112 cm³/mol. The van der Waals surface area contributed by atoms with E-state index in [2.05, 4.69) is 40.6 Å². The van der Waals surface area contributed by atoms with Crippen molar-refractivity contribution >= 4 is 29.7 Å². The largest absolute Gasteiger partial charge is 0.491 e. The lowest BCUT2D eigenvalue weighted by molar-refractivity contribution is 0.234. The number of aromatic amines is 1. The van der Waals surface area contributed by atoms with Crippen LogP contribution in [0.1, 0.15) is 31.1 Å². The molecule has 2 aromatic carbocycles. The van der Waals surface area contributed by atoms with Crippen LogP contribution in [0.2, 0.25) is 0 Å². The van der Waals surface area contributed by atoms with Gasteiger partial charge in [-0.05, 0) is 37.6 Å². The van der Waals surface area contributed by atoms with Crippen molar-refractivity contribution in [3.63, 3.8) is 0 Å². The Kier molecular flexibility index (Phi) is 5.07. The van der Waals surface area contributed by atoms with E-state index in [9.17, 15) is 0 Å². The average molecular weight is 382 g/mol. The lowest BCUT2D eigenvalue weighted by Crippen LogP contribution is -2.28. The van der Waals surface area contributed by atoms with E-state index < -0.39 is 0 Å². The van der Waals surface area contributed by atoms with Crippen molar-refractivity contribution < 1.29 is 4.74 Å². The summed E-state index contributed by atoms with van der Waals surface area (Å²) in [5, 5.41) is 7.72. The maximum absolute atomic E-state index is 5.82. The molecule has 1 aliphatic heterocycles. The van der Waals surface area contributed by atoms with Crippen LogP contribution in [-0.2, 0) is 0 Å². The van der Waals surface area contributed by atoms with Gasteiger partial charge in [0, 0.05) is 22.7 Å². The molecule has 3 N–H and O–H groups in total. The van der Waals surface area contributed by atoms with E-state index in [0.717, 1.165) is 27.8 Å². The Balaban J connectivity index is 1.59. The minimum Gasteiger partial charge on any atom is -0.491 e. The Morgan fingerprint density at radius 2 is 2.00 bits per heavy atom. The van der Waals surface area contributed by atoms with Crippen molar-refractivity contribution in [1.29, 1.82) is 0 Å². The van der Waals surface area contributed by atoms with Crippen LogP contribution in [0.15, 0.2) is 59.8 Å². The minimum absolute atomic E-state index is 0.128. The maximum atomic E-state index is 5.82. The zero-order valence-electron chi connectivity index (χ0n) is 15.3. The second-order valence-corrected chi connectivity index (χ2v) is 7.21. The number of aromatic nitrogens is 1. The first-order valence-electron chi connectivity index (χ1n) is 8.96. The zero-order valence-corrected chi connectivity index (χ0v) is 16.1. The van der Waals surface area contributed by atoms with Gasteiger partial charge in [-0.2, -0.15) is 5.10 Å². The Bertz CT molecular complexity index is 954. The first-order valence-corrected chi connectivity index (χ1v) is 9.47. The van der Waals surface area contributed by atoms with Crippen molar-refractivity contribution in [3.05, 3.63) is 65.9 Å². The number of fused-ring (bicyclic) bond motifs is 1. The number of H-pyrrole nitrogens is 1. The van der Waals surface area contributed by atoms with Gasteiger partial charge >= 0.3 is 0 Å². The van der Waals surface area contributed by atoms with Crippen LogP contribution in [0.25, 0.3) is 10.9 Å². The molecule has 2 unspecified atom stereocenters. The van der Waals surface area contributed by atoms with E-state index in [1.165, 1.54) is 0 Å². The number of ether oxygens (including phenoxy) is 1. The summed E-state index contributed by atoms with van der Waals surface area (Å²) in [7, 11) is 0. The third-order valence-electron chi connectivity index (χ3n) is 4.36. The normalized spacial score (nSPS) is 20.2. The van der Waals surface area contributed by atoms with Crippen LogP contribution in [0.4, 0.5) is 0 Å². The summed E-state index contributed by atoms with van der Waals surface area (Å²) in [4.78, 5) is 3.27. The van der Waals surface area contributed by atoms with Crippen molar-refractivity contribution in [2.75, 3.05) is 0 Å². The zero-order chi connectivity index (χ0) is 18.8. The van der Waals surface area contributed by atoms with E-state index in [4.69, 9.17) is 9.84 Å². The van der Waals surface area contributed by atoms with Crippen LogP contribution in [0, 0.1) is 0 Å². The van der Waals surface area contributed by atoms with Crippen LogP contribution < -0.4 is 15.6 Å². The highest BCUT2D eigenvalue weighted by Gasteiger charge is 2.31. The van der Waals surface area contributed by atoms with Crippen molar-refractivity contribution in [2.24, 2.45) is 5.10 Å². The highest BCUT2D eigenvalue weighted by molar-refractivity contribution is 7.80. The third-order valence-corrected chi connectivity index (χ3v) is 4.73. The molecule has 1 aromatic heterocycles. The van der Waals surface area contributed by atoms with Crippen molar-refractivity contribution in [2.45, 2.75) is 31.6 Å². The highest BCUT2D eigenvalue weighted by atomic mass is 32.1. The fourth-order valence-electron chi connectivity index (χ4n) is 3.15. The molecule has 2 atom stereocenters. The van der Waals surface area contributed by atoms with Gasteiger partial charge in [0.2, 0.25) is 0 Å². The van der Waals surface area contributed by atoms with Gasteiger partial charge in [0.05, 0.1) is 12.3 Å². The number of para-hydroxylation sites is 1. The lowest BCUT2D eigenvalue weighted by atomic mass is 10.1. The smallest absolute Gasteiger partial charge is 0.156 e. The fourth-order valence-corrected chi connectivity index (χ4v) is 3.42. The van der Waals surface area contributed by atoms with Gasteiger partial charge in [0.15, 0.2) is 5.50 Å². The molecule has 1 saturated heterocycles. The first-order chi connectivity index (χ1) is 13.1. The van der Waals surface area contributed by atoms with Crippen LogP contribution >= 0.6 is 12.6 Å². The number of hydrogen-bond acceptors (Lipinski definition) is 6. The molecule has 0 saturated carbocycles. The number of hydrazone groups is 1. The van der Waals surface area contributed by atoms with Gasteiger partial charge in [0.1, 0.15) is 11.9 Å². The monoisotopic (exact) mass is 381 g/mol. The van der Waals surface area contributed by atoms with Gasteiger partial charge in [-0.25, -0.2) is 15.9 Å². The Labute approximate surface area is 164 Å². The van der Waals surface area contributed by atoms with E-state index in [-0.39, 0.29) is 17.8 Å². The molecular weight excluding hydrogens is 358 g/mol. The summed E-state index contributed by atoms with van der Waals surface area (Å²) >= 11 is 4.58. The van der Waals surface area contributed by atoms with E-state index in [0.29, 0.717) is 0 Å². The average Bonchev–Trinajstić information content (AvgIpc) is 3.23. The molecule has 0 spiro atoms. The number of nitrogens with zero attached hydrogens (tertiary/aromatic N) is 2. The predicted octanol–water partition coefficient (Wildman–Crippen LogP) is 3.61. The molecule has 140 valence electrons. The topological polar surface area (TPSA) is 64.7 Å². The van der Waals surface area contributed by atoms with Crippen molar-refractivity contribution in [1.82, 2.24) is 20.8 Å². The molecule has 0 aliphatic carbocycles. The lowest BCUT2D eigenvalue weighted by Gasteiger charge is -2.23. The number of rotatable bonds is 5. The quantitative estimate of drug-likeness (QED) is 0.403. The maximum Gasteiger partial charge on any atom is 0.156 e. The molecule has 0 bridgehead atoms. The third kappa shape index (κ3) is 3.80. The molecular formula is C20H23N5OS. The minimum atomic E-state index is -0.244. The van der Waals surface area contributed by atoms with E-state index in [1.54, 1.807) is 0 Å². The van der Waals surface area contributed by atoms with Crippen molar-refractivity contribution in [3.8, 4) is 5.75 Å². The molecule has 27 heavy (non-hydrogen) atoms. The summed E-state index contributed by atoms with van der Waals surface area (Å²) in [5.74, 6) is 0.840. The van der Waals surface area contributed by atoms with Crippen LogP contribution in [0.5, 0.6) is 5.75 Å². The van der Waals surface area contributed by atoms with E-state index >= 15 is 0 Å². The molecule has 4 rings (SSSR count). The number of hydrazine groups is 1. The fraction of sp³-hybridized carbons (Fsp3) is 0.250. The number of nitrogens with one attached hydrogen (secondary N) is 3. The summed E-state index contributed by atoms with van der Waals surface area (Å²) in [5.41, 5.74) is 9.30. The highest BCUT2D eigenvalue weighted by Crippen LogP contribution is 2.28. The number of hydrogen-bond donors (Lipinski definition) is 4. The molecule has 1 aliphatic rings. The molecule has 2 heterocycles.